The third-order valence-electron chi connectivity index (χ3n) is 3.07. The molecule has 0 aliphatic heterocycles. The Labute approximate surface area is 114 Å². The van der Waals surface area contributed by atoms with E-state index in [1.54, 1.807) is 30.3 Å². The van der Waals surface area contributed by atoms with Crippen LogP contribution in [0.2, 0.25) is 0 Å². The summed E-state index contributed by atoms with van der Waals surface area (Å²) in [6, 6.07) is 10.4. The number of nitrogens with zero attached hydrogens (tertiary/aromatic N) is 3. The average molecular weight is 268 g/mol. The molecule has 0 atom stereocenters. The first-order valence-corrected chi connectivity index (χ1v) is 6.02. The summed E-state index contributed by atoms with van der Waals surface area (Å²) in [7, 11) is 0. The molecular weight excluding hydrogens is 256 g/mol. The van der Waals surface area contributed by atoms with E-state index in [1.807, 2.05) is 6.92 Å². The van der Waals surface area contributed by atoms with E-state index in [4.69, 9.17) is 5.73 Å². The maximum Gasteiger partial charge on any atom is 0.339 e. The summed E-state index contributed by atoms with van der Waals surface area (Å²) >= 11 is 0. The van der Waals surface area contributed by atoms with Gasteiger partial charge in [0, 0.05) is 16.9 Å². The molecule has 0 radical (unpaired) electrons. The molecule has 0 unspecified atom stereocenters. The van der Waals surface area contributed by atoms with Crippen molar-refractivity contribution in [3.8, 4) is 11.4 Å². The van der Waals surface area contributed by atoms with Crippen molar-refractivity contribution in [2.24, 2.45) is 0 Å². The van der Waals surface area contributed by atoms with Crippen LogP contribution in [0, 0.1) is 6.92 Å². The van der Waals surface area contributed by atoms with Crippen molar-refractivity contribution in [3.05, 3.63) is 47.7 Å². The molecule has 20 heavy (non-hydrogen) atoms. The standard InChI is InChI=1S/C14H12N4O2/c1-8-2-7-11(14(19)20)13-16-12(17-18(8)13)9-3-5-10(15)6-4-9/h2-7H,15H2,1H3,(H,19,20). The molecule has 100 valence electrons. The fourth-order valence-electron chi connectivity index (χ4n) is 2.00. The average Bonchev–Trinajstić information content (AvgIpc) is 2.85. The number of rotatable bonds is 2. The van der Waals surface area contributed by atoms with Gasteiger partial charge in [0.25, 0.3) is 0 Å². The summed E-state index contributed by atoms with van der Waals surface area (Å²) in [5, 5.41) is 13.5. The fourth-order valence-corrected chi connectivity index (χ4v) is 2.00. The first kappa shape index (κ1) is 12.2. The van der Waals surface area contributed by atoms with E-state index in [-0.39, 0.29) is 5.56 Å². The highest BCUT2D eigenvalue weighted by atomic mass is 16.4. The molecule has 3 rings (SSSR count). The zero-order valence-corrected chi connectivity index (χ0v) is 10.7. The van der Waals surface area contributed by atoms with Gasteiger partial charge in [-0.25, -0.2) is 14.3 Å². The number of nitrogen functional groups attached to an aromatic ring is 1. The fraction of sp³-hybridized carbons (Fsp3) is 0.0714. The molecule has 0 saturated heterocycles. The van der Waals surface area contributed by atoms with Gasteiger partial charge in [-0.1, -0.05) is 0 Å². The minimum Gasteiger partial charge on any atom is -0.478 e. The lowest BCUT2D eigenvalue weighted by molar-refractivity contribution is 0.0698. The minimum atomic E-state index is -1.02. The third kappa shape index (κ3) is 1.87. The molecule has 0 spiro atoms. The van der Waals surface area contributed by atoms with Crippen molar-refractivity contribution >= 4 is 17.3 Å². The first-order chi connectivity index (χ1) is 9.56. The number of benzene rings is 1. The van der Waals surface area contributed by atoms with Gasteiger partial charge >= 0.3 is 5.97 Å². The Bertz CT molecular complexity index is 806. The van der Waals surface area contributed by atoms with Gasteiger partial charge in [0.05, 0.1) is 0 Å². The van der Waals surface area contributed by atoms with Gasteiger partial charge in [0.2, 0.25) is 0 Å². The molecule has 2 aromatic heterocycles. The summed E-state index contributed by atoms with van der Waals surface area (Å²) in [6.07, 6.45) is 0. The predicted octanol–water partition coefficient (Wildman–Crippen LogP) is 1.99. The molecule has 1 aromatic carbocycles. The molecule has 0 aliphatic carbocycles. The lowest BCUT2D eigenvalue weighted by Crippen LogP contribution is -2.03. The van der Waals surface area contributed by atoms with Gasteiger partial charge in [-0.05, 0) is 43.3 Å². The highest BCUT2D eigenvalue weighted by Crippen LogP contribution is 2.20. The molecule has 0 saturated carbocycles. The number of fused-ring (bicyclic) bond motifs is 1. The van der Waals surface area contributed by atoms with E-state index < -0.39 is 5.97 Å². The van der Waals surface area contributed by atoms with Crippen molar-refractivity contribution < 1.29 is 9.90 Å². The Balaban J connectivity index is 2.24. The highest BCUT2D eigenvalue weighted by molar-refractivity contribution is 5.94. The molecule has 6 heteroatoms. The number of aromatic nitrogens is 3. The number of aromatic carboxylic acids is 1. The maximum absolute atomic E-state index is 11.2. The van der Waals surface area contributed by atoms with Crippen LogP contribution in [0.3, 0.4) is 0 Å². The number of carboxylic acids is 1. The summed E-state index contributed by atoms with van der Waals surface area (Å²) in [4.78, 5) is 15.5. The third-order valence-corrected chi connectivity index (χ3v) is 3.07. The van der Waals surface area contributed by atoms with E-state index in [1.165, 1.54) is 10.6 Å². The summed E-state index contributed by atoms with van der Waals surface area (Å²) in [5.41, 5.74) is 8.37. The predicted molar refractivity (Wildman–Crippen MR) is 74.5 cm³/mol. The van der Waals surface area contributed by atoms with E-state index >= 15 is 0 Å². The van der Waals surface area contributed by atoms with Crippen molar-refractivity contribution in [1.82, 2.24) is 14.6 Å². The van der Waals surface area contributed by atoms with Gasteiger partial charge in [-0.3, -0.25) is 0 Å². The van der Waals surface area contributed by atoms with Crippen LogP contribution in [0.1, 0.15) is 16.1 Å². The maximum atomic E-state index is 11.2. The van der Waals surface area contributed by atoms with Crippen LogP contribution in [0.25, 0.3) is 17.0 Å². The SMILES string of the molecule is Cc1ccc(C(=O)O)c2nc(-c3ccc(N)cc3)nn12. The van der Waals surface area contributed by atoms with Crippen molar-refractivity contribution in [2.45, 2.75) is 6.92 Å². The lowest BCUT2D eigenvalue weighted by atomic mass is 10.2. The highest BCUT2D eigenvalue weighted by Gasteiger charge is 2.15. The quantitative estimate of drug-likeness (QED) is 0.693. The van der Waals surface area contributed by atoms with E-state index in [0.717, 1.165) is 11.3 Å². The molecule has 0 fully saturated rings. The molecular formula is C14H12N4O2. The number of hydrogen-bond donors (Lipinski definition) is 2. The number of aryl methyl sites for hydroxylation is 1. The second-order valence-electron chi connectivity index (χ2n) is 4.49. The van der Waals surface area contributed by atoms with Crippen LogP contribution < -0.4 is 5.73 Å². The Morgan fingerprint density at radius 3 is 2.55 bits per heavy atom. The molecule has 0 amide bonds. The summed E-state index contributed by atoms with van der Waals surface area (Å²) in [6.45, 7) is 1.85. The zero-order valence-electron chi connectivity index (χ0n) is 10.7. The van der Waals surface area contributed by atoms with Gasteiger partial charge < -0.3 is 10.8 Å². The normalized spacial score (nSPS) is 10.8. The van der Waals surface area contributed by atoms with Crippen LogP contribution in [0.5, 0.6) is 0 Å². The number of pyridine rings is 1. The lowest BCUT2D eigenvalue weighted by Gasteiger charge is -1.99. The molecule has 6 nitrogen and oxygen atoms in total. The molecule has 3 N–H and O–H groups in total. The van der Waals surface area contributed by atoms with Crippen LogP contribution >= 0.6 is 0 Å². The van der Waals surface area contributed by atoms with E-state index in [2.05, 4.69) is 10.1 Å². The number of nitrogens with two attached hydrogens (primary N) is 1. The van der Waals surface area contributed by atoms with Crippen LogP contribution in [-0.4, -0.2) is 25.7 Å². The van der Waals surface area contributed by atoms with Gasteiger partial charge in [-0.2, -0.15) is 0 Å². The minimum absolute atomic E-state index is 0.129. The van der Waals surface area contributed by atoms with Crippen LogP contribution in [0.4, 0.5) is 5.69 Å². The Kier molecular flexibility index (Phi) is 2.64. The Morgan fingerprint density at radius 2 is 1.90 bits per heavy atom. The monoisotopic (exact) mass is 268 g/mol. The second kappa shape index (κ2) is 4.34. The molecule has 0 aliphatic rings. The van der Waals surface area contributed by atoms with Crippen molar-refractivity contribution in [2.75, 3.05) is 5.73 Å². The number of anilines is 1. The molecule has 3 aromatic rings. The van der Waals surface area contributed by atoms with Crippen molar-refractivity contribution in [1.29, 1.82) is 0 Å². The van der Waals surface area contributed by atoms with Crippen LogP contribution in [-0.2, 0) is 0 Å². The van der Waals surface area contributed by atoms with Crippen molar-refractivity contribution in [3.63, 3.8) is 0 Å². The van der Waals surface area contributed by atoms with Gasteiger partial charge in [0.15, 0.2) is 11.5 Å². The van der Waals surface area contributed by atoms with Gasteiger partial charge in [-0.15, -0.1) is 5.10 Å². The number of hydrogen-bond acceptors (Lipinski definition) is 4. The number of carbonyl (C=O) groups is 1. The first-order valence-electron chi connectivity index (χ1n) is 6.02. The second-order valence-corrected chi connectivity index (χ2v) is 4.49. The zero-order chi connectivity index (χ0) is 14.3. The Hall–Kier alpha value is -2.89. The van der Waals surface area contributed by atoms with E-state index in [0.29, 0.717) is 17.2 Å². The molecule has 0 bridgehead atoms. The van der Waals surface area contributed by atoms with E-state index in [9.17, 15) is 9.90 Å². The molecule has 2 heterocycles. The van der Waals surface area contributed by atoms with Crippen LogP contribution in [0.15, 0.2) is 36.4 Å². The smallest absolute Gasteiger partial charge is 0.339 e. The topological polar surface area (TPSA) is 93.5 Å². The largest absolute Gasteiger partial charge is 0.478 e. The summed E-state index contributed by atoms with van der Waals surface area (Å²) < 4.78 is 1.54. The Morgan fingerprint density at radius 1 is 1.20 bits per heavy atom. The number of carboxylic acid groups (broad SMARTS) is 1. The van der Waals surface area contributed by atoms with Gasteiger partial charge in [0.1, 0.15) is 5.56 Å². The summed E-state index contributed by atoms with van der Waals surface area (Å²) in [5.74, 6) is -0.548.